The van der Waals surface area contributed by atoms with Crippen molar-refractivity contribution >= 4 is 11.8 Å². The van der Waals surface area contributed by atoms with Gasteiger partial charge in [0.2, 0.25) is 5.95 Å². The van der Waals surface area contributed by atoms with E-state index in [0.717, 1.165) is 31.7 Å². The highest BCUT2D eigenvalue weighted by molar-refractivity contribution is 5.40. The van der Waals surface area contributed by atoms with Crippen LogP contribution in [-0.2, 0) is 0 Å². The summed E-state index contributed by atoms with van der Waals surface area (Å²) in [5, 5.41) is 11.3. The van der Waals surface area contributed by atoms with Crippen LogP contribution in [0.5, 0.6) is 0 Å². The first-order valence-corrected chi connectivity index (χ1v) is 6.54. The molecule has 1 heterocycles. The molecule has 1 aromatic heterocycles. The predicted octanol–water partition coefficient (Wildman–Crippen LogP) is 2.07. The van der Waals surface area contributed by atoms with Gasteiger partial charge >= 0.3 is 0 Å². The average molecular weight is 235 g/mol. The first kappa shape index (κ1) is 12.1. The van der Waals surface area contributed by atoms with Crippen molar-refractivity contribution in [3.8, 4) is 0 Å². The summed E-state index contributed by atoms with van der Waals surface area (Å²) in [7, 11) is 0. The lowest BCUT2D eigenvalue weighted by molar-refractivity contribution is 0.727. The Hall–Kier alpha value is -1.39. The lowest BCUT2D eigenvalue weighted by atomic mass is 10.3. The molecule has 5 nitrogen and oxygen atoms in total. The van der Waals surface area contributed by atoms with Crippen LogP contribution in [0.15, 0.2) is 6.20 Å². The second kappa shape index (κ2) is 5.80. The van der Waals surface area contributed by atoms with Crippen molar-refractivity contribution < 1.29 is 0 Å². The SMILES string of the molecule is CCCN(CCC)c1cnnc(NC2CC2)n1. The molecule has 0 atom stereocenters. The van der Waals surface area contributed by atoms with Gasteiger partial charge in [-0.25, -0.2) is 0 Å². The Labute approximate surface area is 103 Å². The van der Waals surface area contributed by atoms with Gasteiger partial charge in [-0.2, -0.15) is 10.1 Å². The predicted molar refractivity (Wildman–Crippen MR) is 69.3 cm³/mol. The summed E-state index contributed by atoms with van der Waals surface area (Å²) in [5.41, 5.74) is 0. The Balaban J connectivity index is 2.05. The van der Waals surface area contributed by atoms with Crippen LogP contribution in [0.3, 0.4) is 0 Å². The normalized spacial score (nSPS) is 14.7. The fourth-order valence-electron chi connectivity index (χ4n) is 1.80. The highest BCUT2D eigenvalue weighted by atomic mass is 15.3. The Bertz CT molecular complexity index is 345. The third kappa shape index (κ3) is 3.54. The van der Waals surface area contributed by atoms with Gasteiger partial charge in [0.05, 0.1) is 6.20 Å². The standard InChI is InChI=1S/C12H21N5/c1-3-7-17(8-4-2)11-9-13-16-12(15-11)14-10-5-6-10/h9-10H,3-8H2,1-2H3,(H,14,15,16). The van der Waals surface area contributed by atoms with E-state index in [9.17, 15) is 0 Å². The van der Waals surface area contributed by atoms with Crippen LogP contribution in [0.25, 0.3) is 0 Å². The molecule has 0 spiro atoms. The van der Waals surface area contributed by atoms with Crippen LogP contribution in [-0.4, -0.2) is 34.3 Å². The van der Waals surface area contributed by atoms with Gasteiger partial charge in [0.1, 0.15) is 0 Å². The molecule has 2 rings (SSSR count). The zero-order valence-corrected chi connectivity index (χ0v) is 10.7. The monoisotopic (exact) mass is 235 g/mol. The molecule has 17 heavy (non-hydrogen) atoms. The molecule has 0 saturated heterocycles. The van der Waals surface area contributed by atoms with Crippen molar-refractivity contribution in [2.75, 3.05) is 23.3 Å². The molecule has 1 saturated carbocycles. The van der Waals surface area contributed by atoms with Crippen molar-refractivity contribution in [3.63, 3.8) is 0 Å². The molecular formula is C12H21N5. The van der Waals surface area contributed by atoms with Crippen LogP contribution in [0, 0.1) is 0 Å². The Morgan fingerprint density at radius 3 is 2.59 bits per heavy atom. The van der Waals surface area contributed by atoms with Crippen LogP contribution >= 0.6 is 0 Å². The minimum Gasteiger partial charge on any atom is -0.355 e. The van der Waals surface area contributed by atoms with Gasteiger partial charge < -0.3 is 10.2 Å². The van der Waals surface area contributed by atoms with Gasteiger partial charge in [0.25, 0.3) is 0 Å². The second-order valence-electron chi connectivity index (χ2n) is 4.54. The lowest BCUT2D eigenvalue weighted by Gasteiger charge is -2.22. The molecule has 1 aromatic rings. The smallest absolute Gasteiger partial charge is 0.244 e. The number of hydrogen-bond donors (Lipinski definition) is 1. The summed E-state index contributed by atoms with van der Waals surface area (Å²) in [4.78, 5) is 6.80. The fourth-order valence-corrected chi connectivity index (χ4v) is 1.80. The molecule has 0 bridgehead atoms. The van der Waals surface area contributed by atoms with Gasteiger partial charge in [-0.15, -0.1) is 5.10 Å². The molecule has 1 fully saturated rings. The summed E-state index contributed by atoms with van der Waals surface area (Å²) in [5.74, 6) is 1.61. The van der Waals surface area contributed by atoms with Crippen molar-refractivity contribution in [2.45, 2.75) is 45.6 Å². The molecule has 0 unspecified atom stereocenters. The number of hydrogen-bond acceptors (Lipinski definition) is 5. The van der Waals surface area contributed by atoms with E-state index >= 15 is 0 Å². The third-order valence-electron chi connectivity index (χ3n) is 2.77. The quantitative estimate of drug-likeness (QED) is 0.784. The van der Waals surface area contributed by atoms with Crippen molar-refractivity contribution in [1.29, 1.82) is 0 Å². The van der Waals surface area contributed by atoms with Crippen LogP contribution in [0.4, 0.5) is 11.8 Å². The van der Waals surface area contributed by atoms with Crippen LogP contribution in [0.1, 0.15) is 39.5 Å². The van der Waals surface area contributed by atoms with Crippen molar-refractivity contribution in [3.05, 3.63) is 6.20 Å². The maximum Gasteiger partial charge on any atom is 0.244 e. The van der Waals surface area contributed by atoms with Gasteiger partial charge in [-0.05, 0) is 25.7 Å². The molecule has 1 aliphatic rings. The van der Waals surface area contributed by atoms with E-state index in [2.05, 4.69) is 39.2 Å². The number of rotatable bonds is 7. The Kier molecular flexibility index (Phi) is 4.12. The van der Waals surface area contributed by atoms with E-state index < -0.39 is 0 Å². The topological polar surface area (TPSA) is 53.9 Å². The minimum absolute atomic E-state index is 0.567. The second-order valence-corrected chi connectivity index (χ2v) is 4.54. The number of nitrogens with one attached hydrogen (secondary N) is 1. The van der Waals surface area contributed by atoms with Crippen LogP contribution < -0.4 is 10.2 Å². The molecular weight excluding hydrogens is 214 g/mol. The largest absolute Gasteiger partial charge is 0.355 e. The fraction of sp³-hybridized carbons (Fsp3) is 0.750. The molecule has 1 aliphatic carbocycles. The highest BCUT2D eigenvalue weighted by Crippen LogP contribution is 2.23. The summed E-state index contributed by atoms with van der Waals surface area (Å²) >= 11 is 0. The van der Waals surface area contributed by atoms with Crippen LogP contribution in [0.2, 0.25) is 0 Å². The maximum atomic E-state index is 4.53. The van der Waals surface area contributed by atoms with Gasteiger partial charge in [-0.1, -0.05) is 13.8 Å². The van der Waals surface area contributed by atoms with Gasteiger partial charge in [0.15, 0.2) is 5.82 Å². The molecule has 0 aliphatic heterocycles. The number of anilines is 2. The molecule has 94 valence electrons. The van der Waals surface area contributed by atoms with Gasteiger partial charge in [0, 0.05) is 19.1 Å². The average Bonchev–Trinajstić information content (AvgIpc) is 3.13. The Morgan fingerprint density at radius 2 is 2.00 bits per heavy atom. The van der Waals surface area contributed by atoms with E-state index in [4.69, 9.17) is 0 Å². The van der Waals surface area contributed by atoms with E-state index in [1.807, 2.05) is 0 Å². The molecule has 0 amide bonds. The molecule has 1 N–H and O–H groups in total. The number of aromatic nitrogens is 3. The number of nitrogens with zero attached hydrogens (tertiary/aromatic N) is 4. The summed E-state index contributed by atoms with van der Waals surface area (Å²) < 4.78 is 0. The zero-order chi connectivity index (χ0) is 12.1. The van der Waals surface area contributed by atoms with E-state index in [-0.39, 0.29) is 0 Å². The van der Waals surface area contributed by atoms with E-state index in [1.165, 1.54) is 12.8 Å². The van der Waals surface area contributed by atoms with Crippen molar-refractivity contribution in [2.24, 2.45) is 0 Å². The van der Waals surface area contributed by atoms with E-state index in [0.29, 0.717) is 12.0 Å². The van der Waals surface area contributed by atoms with Gasteiger partial charge in [-0.3, -0.25) is 0 Å². The lowest BCUT2D eigenvalue weighted by Crippen LogP contribution is -2.26. The third-order valence-corrected chi connectivity index (χ3v) is 2.77. The summed E-state index contributed by atoms with van der Waals surface area (Å²) in [6.07, 6.45) is 6.44. The molecule has 0 aromatic carbocycles. The van der Waals surface area contributed by atoms with E-state index in [1.54, 1.807) is 6.20 Å². The molecule has 0 radical (unpaired) electrons. The van der Waals surface area contributed by atoms with Crippen molar-refractivity contribution in [1.82, 2.24) is 15.2 Å². The Morgan fingerprint density at radius 1 is 1.29 bits per heavy atom. The first-order valence-electron chi connectivity index (χ1n) is 6.54. The summed E-state index contributed by atoms with van der Waals surface area (Å²) in [6.45, 7) is 6.41. The minimum atomic E-state index is 0.567. The molecule has 5 heteroatoms. The zero-order valence-electron chi connectivity index (χ0n) is 10.7. The summed E-state index contributed by atoms with van der Waals surface area (Å²) in [6, 6.07) is 0.567. The highest BCUT2D eigenvalue weighted by Gasteiger charge is 2.22. The maximum absolute atomic E-state index is 4.53. The first-order chi connectivity index (χ1) is 8.33.